The minimum Gasteiger partial charge on any atom is -0.361 e. The topological polar surface area (TPSA) is 19.0 Å². The van der Waals surface area contributed by atoms with Gasteiger partial charge in [0.15, 0.2) is 0 Å². The SMILES string of the molecule is CSCC(C)CN1CCCC2c3cccc4[nH]cc(c34)C[C@H]21. The van der Waals surface area contributed by atoms with E-state index in [0.717, 1.165) is 11.8 Å². The highest BCUT2D eigenvalue weighted by Gasteiger charge is 2.37. The second-order valence-electron chi connectivity index (χ2n) is 7.16. The van der Waals surface area contributed by atoms with Crippen molar-refractivity contribution in [2.45, 2.75) is 38.1 Å². The average molecular weight is 314 g/mol. The lowest BCUT2D eigenvalue weighted by Crippen LogP contribution is -2.48. The number of nitrogens with zero attached hydrogens (tertiary/aromatic N) is 1. The zero-order valence-corrected chi connectivity index (χ0v) is 14.5. The van der Waals surface area contributed by atoms with E-state index in [9.17, 15) is 0 Å². The molecule has 2 aromatic rings. The van der Waals surface area contributed by atoms with Gasteiger partial charge in [0, 0.05) is 35.6 Å². The third-order valence-corrected chi connectivity index (χ3v) is 6.44. The van der Waals surface area contributed by atoms with E-state index < -0.39 is 0 Å². The maximum absolute atomic E-state index is 3.48. The Bertz CT molecular complexity index is 662. The predicted molar refractivity (Wildman–Crippen MR) is 96.9 cm³/mol. The second-order valence-corrected chi connectivity index (χ2v) is 8.07. The van der Waals surface area contributed by atoms with E-state index >= 15 is 0 Å². The average Bonchev–Trinajstić information content (AvgIpc) is 2.93. The summed E-state index contributed by atoms with van der Waals surface area (Å²) >= 11 is 1.98. The third kappa shape index (κ3) is 2.39. The van der Waals surface area contributed by atoms with Crippen molar-refractivity contribution in [1.29, 1.82) is 0 Å². The predicted octanol–water partition coefficient (Wildman–Crippen LogP) is 4.27. The minimum atomic E-state index is 0.715. The number of hydrogen-bond acceptors (Lipinski definition) is 2. The van der Waals surface area contributed by atoms with Crippen LogP contribution in [0.4, 0.5) is 0 Å². The standard InChI is InChI=1S/C19H26N2S/c1-13(12-22-2)11-21-8-4-6-15-16-5-3-7-17-19(16)14(10-20-17)9-18(15)21/h3,5,7,10,13,15,18,20H,4,6,8-9,11-12H2,1-2H3/t13?,15?,18-/m1/s1. The van der Waals surface area contributed by atoms with Gasteiger partial charge in [-0.25, -0.2) is 0 Å². The number of aromatic nitrogens is 1. The first-order valence-corrected chi connectivity index (χ1v) is 9.99. The molecular weight excluding hydrogens is 288 g/mol. The number of piperidine rings is 1. The van der Waals surface area contributed by atoms with Gasteiger partial charge in [0.1, 0.15) is 0 Å². The molecule has 0 amide bonds. The van der Waals surface area contributed by atoms with Crippen LogP contribution in [0.3, 0.4) is 0 Å². The highest BCUT2D eigenvalue weighted by Crippen LogP contribution is 2.43. The number of thioether (sulfide) groups is 1. The molecule has 0 saturated carbocycles. The highest BCUT2D eigenvalue weighted by atomic mass is 32.2. The molecule has 0 spiro atoms. The van der Waals surface area contributed by atoms with E-state index in [4.69, 9.17) is 0 Å². The molecule has 1 aliphatic carbocycles. The summed E-state index contributed by atoms with van der Waals surface area (Å²) in [6.45, 7) is 4.96. The lowest BCUT2D eigenvalue weighted by atomic mass is 9.75. The minimum absolute atomic E-state index is 0.715. The summed E-state index contributed by atoms with van der Waals surface area (Å²) < 4.78 is 0. The molecule has 3 atom stereocenters. The monoisotopic (exact) mass is 314 g/mol. The van der Waals surface area contributed by atoms with Gasteiger partial charge >= 0.3 is 0 Å². The normalized spacial score (nSPS) is 26.1. The molecule has 22 heavy (non-hydrogen) atoms. The molecule has 1 aliphatic heterocycles. The highest BCUT2D eigenvalue weighted by molar-refractivity contribution is 7.98. The molecule has 1 N–H and O–H groups in total. The molecule has 2 unspecified atom stereocenters. The van der Waals surface area contributed by atoms with Gasteiger partial charge < -0.3 is 4.98 Å². The van der Waals surface area contributed by atoms with Gasteiger partial charge in [0.25, 0.3) is 0 Å². The van der Waals surface area contributed by atoms with Gasteiger partial charge in [-0.15, -0.1) is 0 Å². The molecule has 1 aromatic carbocycles. The smallest absolute Gasteiger partial charge is 0.0459 e. The van der Waals surface area contributed by atoms with Gasteiger partial charge in [-0.3, -0.25) is 4.90 Å². The van der Waals surface area contributed by atoms with E-state index in [1.807, 2.05) is 11.8 Å². The Hall–Kier alpha value is -0.930. The summed E-state index contributed by atoms with van der Waals surface area (Å²) in [4.78, 5) is 6.28. The Morgan fingerprint density at radius 2 is 2.32 bits per heavy atom. The summed E-state index contributed by atoms with van der Waals surface area (Å²) in [5.41, 5.74) is 4.47. The Balaban J connectivity index is 1.65. The van der Waals surface area contributed by atoms with E-state index in [2.05, 4.69) is 47.5 Å². The fourth-order valence-electron chi connectivity index (χ4n) is 4.71. The molecule has 0 radical (unpaired) electrons. The van der Waals surface area contributed by atoms with Gasteiger partial charge in [-0.2, -0.15) is 11.8 Å². The van der Waals surface area contributed by atoms with Crippen LogP contribution in [0, 0.1) is 5.92 Å². The molecule has 1 saturated heterocycles. The van der Waals surface area contributed by atoms with Crippen molar-refractivity contribution in [2.75, 3.05) is 25.1 Å². The zero-order valence-electron chi connectivity index (χ0n) is 13.6. The van der Waals surface area contributed by atoms with E-state index in [1.54, 1.807) is 5.56 Å². The van der Waals surface area contributed by atoms with E-state index in [1.165, 1.54) is 54.6 Å². The van der Waals surface area contributed by atoms with E-state index in [-0.39, 0.29) is 0 Å². The largest absolute Gasteiger partial charge is 0.361 e. The summed E-state index contributed by atoms with van der Waals surface area (Å²) in [5, 5.41) is 1.53. The maximum Gasteiger partial charge on any atom is 0.0459 e. The number of nitrogens with one attached hydrogen (secondary N) is 1. The summed E-state index contributed by atoms with van der Waals surface area (Å²) in [6, 6.07) is 7.55. The van der Waals surface area contributed by atoms with Crippen LogP contribution in [0.1, 0.15) is 36.8 Å². The van der Waals surface area contributed by atoms with Crippen LogP contribution in [-0.4, -0.2) is 41.0 Å². The van der Waals surface area contributed by atoms with Gasteiger partial charge in [0.2, 0.25) is 0 Å². The second kappa shape index (κ2) is 5.93. The van der Waals surface area contributed by atoms with Gasteiger partial charge in [-0.1, -0.05) is 19.1 Å². The number of H-pyrrole nitrogens is 1. The number of benzene rings is 1. The lowest BCUT2D eigenvalue weighted by Gasteiger charge is -2.45. The molecule has 1 fully saturated rings. The number of likely N-dealkylation sites (tertiary alicyclic amines) is 1. The van der Waals surface area contributed by atoms with Gasteiger partial charge in [-0.05, 0) is 60.9 Å². The number of aromatic amines is 1. The first kappa shape index (κ1) is 14.6. The molecule has 2 heterocycles. The van der Waals surface area contributed by atoms with Crippen LogP contribution in [0.2, 0.25) is 0 Å². The molecular formula is C19H26N2S. The van der Waals surface area contributed by atoms with Crippen molar-refractivity contribution in [2.24, 2.45) is 5.92 Å². The summed E-state index contributed by atoms with van der Waals surface area (Å²) in [6.07, 6.45) is 8.42. The molecule has 2 nitrogen and oxygen atoms in total. The maximum atomic E-state index is 3.48. The zero-order chi connectivity index (χ0) is 15.1. The fourth-order valence-corrected chi connectivity index (χ4v) is 5.38. The molecule has 4 rings (SSSR count). The number of rotatable bonds is 4. The van der Waals surface area contributed by atoms with Crippen LogP contribution in [-0.2, 0) is 6.42 Å². The third-order valence-electron chi connectivity index (χ3n) is 5.54. The van der Waals surface area contributed by atoms with Crippen molar-refractivity contribution >= 4 is 22.7 Å². The van der Waals surface area contributed by atoms with Gasteiger partial charge in [0.05, 0.1) is 0 Å². The molecule has 1 aromatic heterocycles. The quantitative estimate of drug-likeness (QED) is 0.909. The van der Waals surface area contributed by atoms with Crippen molar-refractivity contribution in [3.8, 4) is 0 Å². The lowest BCUT2D eigenvalue weighted by molar-refractivity contribution is 0.111. The Morgan fingerprint density at radius 3 is 3.18 bits per heavy atom. The molecule has 118 valence electrons. The van der Waals surface area contributed by atoms with Crippen LogP contribution in [0.25, 0.3) is 10.9 Å². The number of hydrogen-bond donors (Lipinski definition) is 1. The van der Waals surface area contributed by atoms with Crippen LogP contribution >= 0.6 is 11.8 Å². The summed E-state index contributed by atoms with van der Waals surface area (Å²) in [7, 11) is 0. The fraction of sp³-hybridized carbons (Fsp3) is 0.579. The van der Waals surface area contributed by atoms with Crippen LogP contribution in [0.5, 0.6) is 0 Å². The Morgan fingerprint density at radius 1 is 1.41 bits per heavy atom. The van der Waals surface area contributed by atoms with Crippen molar-refractivity contribution in [3.05, 3.63) is 35.5 Å². The van der Waals surface area contributed by atoms with Crippen LogP contribution in [0.15, 0.2) is 24.4 Å². The van der Waals surface area contributed by atoms with Crippen molar-refractivity contribution in [3.63, 3.8) is 0 Å². The Kier molecular flexibility index (Phi) is 3.95. The van der Waals surface area contributed by atoms with Crippen molar-refractivity contribution in [1.82, 2.24) is 9.88 Å². The van der Waals surface area contributed by atoms with Crippen LogP contribution < -0.4 is 0 Å². The number of fused-ring (bicyclic) bond motifs is 2. The summed E-state index contributed by atoms with van der Waals surface area (Å²) in [5.74, 6) is 2.80. The van der Waals surface area contributed by atoms with E-state index in [0.29, 0.717) is 6.04 Å². The first-order valence-electron chi connectivity index (χ1n) is 8.59. The first-order chi connectivity index (χ1) is 10.8. The molecule has 2 aliphatic rings. The Labute approximate surface area is 137 Å². The molecule has 0 bridgehead atoms. The van der Waals surface area contributed by atoms with Crippen molar-refractivity contribution < 1.29 is 0 Å². The molecule has 3 heteroatoms.